The number of alkyl halides is 3. The Balaban J connectivity index is 2.19. The highest BCUT2D eigenvalue weighted by Gasteiger charge is 2.31. The Morgan fingerprint density at radius 2 is 1.41 bits per heavy atom. The Labute approximate surface area is 124 Å². The van der Waals surface area contributed by atoms with E-state index in [2.05, 4.69) is 15.0 Å². The highest BCUT2D eigenvalue weighted by Crippen LogP contribution is 2.35. The molecule has 0 aliphatic heterocycles. The van der Waals surface area contributed by atoms with E-state index in [1.54, 1.807) is 30.3 Å². The number of halogens is 3. The van der Waals surface area contributed by atoms with E-state index in [1.165, 1.54) is 18.6 Å². The highest BCUT2D eigenvalue weighted by molar-refractivity contribution is 5.69. The van der Waals surface area contributed by atoms with E-state index in [1.807, 2.05) is 0 Å². The molecule has 6 heteroatoms. The molecule has 22 heavy (non-hydrogen) atoms. The molecule has 3 nitrogen and oxygen atoms in total. The second-order valence-corrected chi connectivity index (χ2v) is 4.58. The SMILES string of the molecule is FC(F)(F)c1cc(-c2ccccn2)cc(-c2ncccn2)c1. The fourth-order valence-electron chi connectivity index (χ4n) is 2.05. The summed E-state index contributed by atoms with van der Waals surface area (Å²) in [5, 5.41) is 0. The van der Waals surface area contributed by atoms with Crippen LogP contribution in [0.1, 0.15) is 5.56 Å². The fourth-order valence-corrected chi connectivity index (χ4v) is 2.05. The van der Waals surface area contributed by atoms with Gasteiger partial charge in [0.05, 0.1) is 11.3 Å². The summed E-state index contributed by atoms with van der Waals surface area (Å²) in [5.41, 5.74) is 0.387. The second kappa shape index (κ2) is 5.55. The van der Waals surface area contributed by atoms with Gasteiger partial charge >= 0.3 is 6.18 Å². The number of nitrogens with zero attached hydrogens (tertiary/aromatic N) is 3. The quantitative estimate of drug-likeness (QED) is 0.711. The van der Waals surface area contributed by atoms with Crippen LogP contribution in [0, 0.1) is 0 Å². The van der Waals surface area contributed by atoms with Gasteiger partial charge in [-0.15, -0.1) is 0 Å². The molecule has 0 aliphatic rings. The first kappa shape index (κ1) is 14.2. The minimum atomic E-state index is -4.45. The van der Waals surface area contributed by atoms with E-state index in [0.29, 0.717) is 16.8 Å². The minimum Gasteiger partial charge on any atom is -0.256 e. The maximum Gasteiger partial charge on any atom is 0.416 e. The number of rotatable bonds is 2. The van der Waals surface area contributed by atoms with E-state index < -0.39 is 11.7 Å². The topological polar surface area (TPSA) is 38.7 Å². The van der Waals surface area contributed by atoms with Crippen molar-refractivity contribution in [2.75, 3.05) is 0 Å². The molecule has 0 spiro atoms. The van der Waals surface area contributed by atoms with Gasteiger partial charge in [-0.2, -0.15) is 13.2 Å². The Bertz CT molecular complexity index is 714. The van der Waals surface area contributed by atoms with Crippen LogP contribution in [0.15, 0.2) is 61.1 Å². The lowest BCUT2D eigenvalue weighted by Gasteiger charge is -2.11. The molecule has 0 saturated heterocycles. The molecule has 0 radical (unpaired) electrons. The van der Waals surface area contributed by atoms with Gasteiger partial charge in [-0.05, 0) is 36.4 Å². The van der Waals surface area contributed by atoms with E-state index in [0.717, 1.165) is 12.1 Å². The van der Waals surface area contributed by atoms with E-state index in [4.69, 9.17) is 0 Å². The van der Waals surface area contributed by atoms with Gasteiger partial charge in [-0.1, -0.05) is 6.07 Å². The molecule has 0 unspecified atom stereocenters. The highest BCUT2D eigenvalue weighted by atomic mass is 19.4. The van der Waals surface area contributed by atoms with Crippen molar-refractivity contribution in [3.8, 4) is 22.6 Å². The zero-order valence-corrected chi connectivity index (χ0v) is 11.2. The first-order valence-electron chi connectivity index (χ1n) is 6.45. The number of hydrogen-bond acceptors (Lipinski definition) is 3. The fraction of sp³-hybridized carbons (Fsp3) is 0.0625. The first-order valence-corrected chi connectivity index (χ1v) is 6.45. The summed E-state index contributed by atoms with van der Waals surface area (Å²) in [4.78, 5) is 12.1. The Morgan fingerprint density at radius 1 is 0.727 bits per heavy atom. The monoisotopic (exact) mass is 301 g/mol. The molecule has 0 fully saturated rings. The number of hydrogen-bond donors (Lipinski definition) is 0. The second-order valence-electron chi connectivity index (χ2n) is 4.58. The largest absolute Gasteiger partial charge is 0.416 e. The van der Waals surface area contributed by atoms with Crippen molar-refractivity contribution in [2.24, 2.45) is 0 Å². The van der Waals surface area contributed by atoms with Crippen LogP contribution in [0.5, 0.6) is 0 Å². The van der Waals surface area contributed by atoms with Crippen molar-refractivity contribution in [1.82, 2.24) is 15.0 Å². The molecule has 3 rings (SSSR count). The summed E-state index contributed by atoms with van der Waals surface area (Å²) < 4.78 is 39.4. The summed E-state index contributed by atoms with van der Waals surface area (Å²) in [6.07, 6.45) is 0.0642. The van der Waals surface area contributed by atoms with Crippen molar-refractivity contribution in [1.29, 1.82) is 0 Å². The number of pyridine rings is 1. The van der Waals surface area contributed by atoms with Crippen molar-refractivity contribution in [2.45, 2.75) is 6.18 Å². The molecule has 0 saturated carbocycles. The lowest BCUT2D eigenvalue weighted by atomic mass is 10.0. The van der Waals surface area contributed by atoms with Crippen LogP contribution in [-0.4, -0.2) is 15.0 Å². The lowest BCUT2D eigenvalue weighted by Crippen LogP contribution is -2.06. The van der Waals surface area contributed by atoms with Crippen LogP contribution in [0.2, 0.25) is 0 Å². The Kier molecular flexibility index (Phi) is 3.58. The summed E-state index contributed by atoms with van der Waals surface area (Å²) in [6, 6.07) is 10.4. The number of aromatic nitrogens is 3. The lowest BCUT2D eigenvalue weighted by molar-refractivity contribution is -0.137. The third-order valence-corrected chi connectivity index (χ3v) is 3.04. The molecule has 0 N–H and O–H groups in total. The van der Waals surface area contributed by atoms with Gasteiger partial charge in [0.2, 0.25) is 0 Å². The third kappa shape index (κ3) is 2.95. The van der Waals surface area contributed by atoms with E-state index in [-0.39, 0.29) is 5.82 Å². The average molecular weight is 301 g/mol. The smallest absolute Gasteiger partial charge is 0.256 e. The van der Waals surface area contributed by atoms with Gasteiger partial charge in [0.15, 0.2) is 5.82 Å². The van der Waals surface area contributed by atoms with Crippen LogP contribution in [-0.2, 0) is 6.18 Å². The zero-order chi connectivity index (χ0) is 15.6. The molecule has 0 aliphatic carbocycles. The number of benzene rings is 1. The summed E-state index contributed by atoms with van der Waals surface area (Å²) >= 11 is 0. The van der Waals surface area contributed by atoms with Gasteiger partial charge < -0.3 is 0 Å². The standard InChI is InChI=1S/C16H10F3N3/c17-16(18,19)13-9-11(14-4-1-2-5-20-14)8-12(10-13)15-21-6-3-7-22-15/h1-10H. The molecule has 2 heterocycles. The Hall–Kier alpha value is -2.76. The van der Waals surface area contributed by atoms with Gasteiger partial charge in [-0.25, -0.2) is 9.97 Å². The normalized spacial score (nSPS) is 11.4. The maximum absolute atomic E-state index is 13.1. The summed E-state index contributed by atoms with van der Waals surface area (Å²) in [6.45, 7) is 0. The maximum atomic E-state index is 13.1. The van der Waals surface area contributed by atoms with E-state index in [9.17, 15) is 13.2 Å². The molecule has 0 bridgehead atoms. The van der Waals surface area contributed by atoms with Crippen molar-refractivity contribution in [3.63, 3.8) is 0 Å². The molecule has 3 aromatic rings. The van der Waals surface area contributed by atoms with Gasteiger partial charge in [0, 0.05) is 29.7 Å². The van der Waals surface area contributed by atoms with Crippen LogP contribution < -0.4 is 0 Å². The van der Waals surface area contributed by atoms with Crippen molar-refractivity contribution < 1.29 is 13.2 Å². The summed E-state index contributed by atoms with van der Waals surface area (Å²) in [7, 11) is 0. The Morgan fingerprint density at radius 3 is 2.05 bits per heavy atom. The van der Waals surface area contributed by atoms with Crippen LogP contribution >= 0.6 is 0 Å². The molecular formula is C16H10F3N3. The predicted molar refractivity (Wildman–Crippen MR) is 75.7 cm³/mol. The van der Waals surface area contributed by atoms with Crippen molar-refractivity contribution in [3.05, 3.63) is 66.6 Å². The molecule has 2 aromatic heterocycles. The van der Waals surface area contributed by atoms with Crippen LogP contribution in [0.3, 0.4) is 0 Å². The van der Waals surface area contributed by atoms with Gasteiger partial charge in [-0.3, -0.25) is 4.98 Å². The van der Waals surface area contributed by atoms with Gasteiger partial charge in [0.1, 0.15) is 0 Å². The summed E-state index contributed by atoms with van der Waals surface area (Å²) in [5.74, 6) is 0.241. The first-order chi connectivity index (χ1) is 10.5. The van der Waals surface area contributed by atoms with Crippen LogP contribution in [0.4, 0.5) is 13.2 Å². The van der Waals surface area contributed by atoms with Crippen molar-refractivity contribution >= 4 is 0 Å². The molecule has 1 aromatic carbocycles. The third-order valence-electron chi connectivity index (χ3n) is 3.04. The van der Waals surface area contributed by atoms with E-state index >= 15 is 0 Å². The minimum absolute atomic E-state index is 0.241. The zero-order valence-electron chi connectivity index (χ0n) is 11.2. The molecule has 110 valence electrons. The van der Waals surface area contributed by atoms with Crippen LogP contribution in [0.25, 0.3) is 22.6 Å². The average Bonchev–Trinajstić information content (AvgIpc) is 2.55. The van der Waals surface area contributed by atoms with Gasteiger partial charge in [0.25, 0.3) is 0 Å². The molecule has 0 atom stereocenters. The predicted octanol–water partition coefficient (Wildman–Crippen LogP) is 4.22. The molecule has 0 amide bonds. The molecular weight excluding hydrogens is 291 g/mol.